The van der Waals surface area contributed by atoms with Gasteiger partial charge in [0, 0.05) is 30.1 Å². The fourth-order valence-electron chi connectivity index (χ4n) is 3.29. The highest BCUT2D eigenvalue weighted by Gasteiger charge is 2.22. The molecule has 1 amide bonds. The molecule has 0 atom stereocenters. The lowest BCUT2D eigenvalue weighted by Gasteiger charge is -2.13. The molecule has 29 heavy (non-hydrogen) atoms. The lowest BCUT2D eigenvalue weighted by atomic mass is 10.1. The van der Waals surface area contributed by atoms with Crippen LogP contribution in [0, 0.1) is 6.92 Å². The van der Waals surface area contributed by atoms with Crippen LogP contribution in [-0.4, -0.2) is 28.0 Å². The van der Waals surface area contributed by atoms with Crippen LogP contribution in [0.15, 0.2) is 35.3 Å². The summed E-state index contributed by atoms with van der Waals surface area (Å²) >= 11 is 0. The molecule has 0 radical (unpaired) electrons. The molecule has 8 nitrogen and oxygen atoms in total. The fraction of sp³-hybridized carbons (Fsp3) is 0.238. The Morgan fingerprint density at radius 2 is 1.90 bits per heavy atom. The van der Waals surface area contributed by atoms with Gasteiger partial charge in [-0.15, -0.1) is 0 Å². The van der Waals surface area contributed by atoms with E-state index < -0.39 is 11.3 Å². The molecule has 1 N–H and O–H groups in total. The maximum atomic E-state index is 13.0. The number of nitrogens with zero attached hydrogens (tertiary/aromatic N) is 2. The number of Topliss-reactive ketones (excluding diaryl/α,β-unsaturated/α-hetero) is 1. The van der Waals surface area contributed by atoms with Crippen LogP contribution in [0.1, 0.15) is 40.3 Å². The normalized spacial score (nSPS) is 12.2. The lowest BCUT2D eigenvalue weighted by Crippen LogP contribution is -2.25. The summed E-state index contributed by atoms with van der Waals surface area (Å²) in [5, 5.41) is 3.04. The second-order valence-corrected chi connectivity index (χ2v) is 6.74. The molecule has 0 saturated heterocycles. The molecule has 3 aromatic rings. The van der Waals surface area contributed by atoms with E-state index in [2.05, 4.69) is 10.3 Å². The minimum absolute atomic E-state index is 0.0304. The average Bonchev–Trinajstić information content (AvgIpc) is 3.14. The van der Waals surface area contributed by atoms with Crippen molar-refractivity contribution in [2.75, 3.05) is 12.1 Å². The van der Waals surface area contributed by atoms with Gasteiger partial charge in [-0.3, -0.25) is 14.4 Å². The smallest absolute Gasteiger partial charge is 0.261 e. The number of pyridine rings is 2. The number of anilines is 1. The largest absolute Gasteiger partial charge is 0.454 e. The van der Waals surface area contributed by atoms with Gasteiger partial charge < -0.3 is 19.4 Å². The molecule has 1 aliphatic rings. The van der Waals surface area contributed by atoms with Crippen molar-refractivity contribution in [3.63, 3.8) is 0 Å². The van der Waals surface area contributed by atoms with Crippen LogP contribution in [0.2, 0.25) is 0 Å². The quantitative estimate of drug-likeness (QED) is 0.684. The van der Waals surface area contributed by atoms with E-state index in [0.717, 1.165) is 5.69 Å². The first kappa shape index (κ1) is 18.7. The Balaban J connectivity index is 1.79. The first-order valence-electron chi connectivity index (χ1n) is 9.15. The Bertz CT molecular complexity index is 1230. The Morgan fingerprint density at radius 1 is 1.17 bits per heavy atom. The first-order chi connectivity index (χ1) is 13.9. The second-order valence-electron chi connectivity index (χ2n) is 6.74. The van der Waals surface area contributed by atoms with Crippen molar-refractivity contribution < 1.29 is 19.1 Å². The Labute approximate surface area is 166 Å². The maximum Gasteiger partial charge on any atom is 0.261 e. The first-order valence-corrected chi connectivity index (χ1v) is 9.15. The van der Waals surface area contributed by atoms with Gasteiger partial charge in [0.25, 0.3) is 5.91 Å². The van der Waals surface area contributed by atoms with E-state index >= 15 is 0 Å². The van der Waals surface area contributed by atoms with Crippen LogP contribution in [0.25, 0.3) is 11.0 Å². The average molecular weight is 393 g/mol. The van der Waals surface area contributed by atoms with Gasteiger partial charge in [-0.05, 0) is 39.0 Å². The number of ether oxygens (including phenoxy) is 2. The number of aryl methyl sites for hydroxylation is 2. The van der Waals surface area contributed by atoms with Crippen LogP contribution in [0.3, 0.4) is 0 Å². The van der Waals surface area contributed by atoms with Crippen LogP contribution < -0.4 is 20.2 Å². The zero-order valence-electron chi connectivity index (χ0n) is 16.2. The second kappa shape index (κ2) is 7.05. The number of hydrogen-bond donors (Lipinski definition) is 1. The number of ketones is 1. The van der Waals surface area contributed by atoms with Gasteiger partial charge >= 0.3 is 0 Å². The molecule has 8 heteroatoms. The van der Waals surface area contributed by atoms with Crippen molar-refractivity contribution >= 4 is 28.4 Å². The topological polar surface area (TPSA) is 99.5 Å². The minimum atomic E-state index is -0.610. The summed E-state index contributed by atoms with van der Waals surface area (Å²) in [4.78, 5) is 42.3. The molecule has 3 heterocycles. The van der Waals surface area contributed by atoms with Gasteiger partial charge in [0.05, 0.1) is 11.1 Å². The fourth-order valence-corrected chi connectivity index (χ4v) is 3.29. The number of rotatable bonds is 4. The van der Waals surface area contributed by atoms with E-state index in [1.165, 1.54) is 25.3 Å². The predicted molar refractivity (Wildman–Crippen MR) is 107 cm³/mol. The van der Waals surface area contributed by atoms with Crippen molar-refractivity contribution in [1.29, 1.82) is 0 Å². The van der Waals surface area contributed by atoms with Crippen LogP contribution in [0.4, 0.5) is 5.69 Å². The summed E-state index contributed by atoms with van der Waals surface area (Å²) in [6.07, 6.45) is 1.49. The van der Waals surface area contributed by atoms with E-state index in [1.54, 1.807) is 16.7 Å². The Kier molecular flexibility index (Phi) is 4.54. The molecule has 0 saturated carbocycles. The number of hydrogen-bond acceptors (Lipinski definition) is 6. The lowest BCUT2D eigenvalue weighted by molar-refractivity contribution is 0.101. The van der Waals surface area contributed by atoms with Gasteiger partial charge in [0.15, 0.2) is 17.3 Å². The number of amides is 1. The van der Waals surface area contributed by atoms with Crippen molar-refractivity contribution in [3.05, 3.63) is 57.5 Å². The zero-order chi connectivity index (χ0) is 20.7. The van der Waals surface area contributed by atoms with E-state index in [-0.39, 0.29) is 29.4 Å². The molecular weight excluding hydrogens is 374 g/mol. The summed E-state index contributed by atoms with van der Waals surface area (Å²) in [7, 11) is 0. The summed E-state index contributed by atoms with van der Waals surface area (Å²) < 4.78 is 12.4. The van der Waals surface area contributed by atoms with Crippen molar-refractivity contribution in [1.82, 2.24) is 9.55 Å². The molecule has 0 unspecified atom stereocenters. The molecule has 2 aromatic heterocycles. The standard InChI is InChI=1S/C21H19N3O5/c1-4-24-9-15(19(26)13-6-5-11(2)22-20(13)24)21(27)23-16-8-18-17(28-10-29-18)7-14(16)12(3)25/h5-9H,4,10H2,1-3H3,(H,23,27). The SMILES string of the molecule is CCn1cc(C(=O)Nc2cc3c(cc2C(C)=O)OCO3)c(=O)c2ccc(C)nc21. The molecule has 0 fully saturated rings. The highest BCUT2D eigenvalue weighted by molar-refractivity contribution is 6.10. The monoisotopic (exact) mass is 393 g/mol. The predicted octanol–water partition coefficient (Wildman–Crippen LogP) is 2.91. The van der Waals surface area contributed by atoms with Crippen molar-refractivity contribution in [3.8, 4) is 11.5 Å². The third-order valence-electron chi connectivity index (χ3n) is 4.79. The van der Waals surface area contributed by atoms with Gasteiger partial charge in [-0.25, -0.2) is 4.98 Å². The zero-order valence-corrected chi connectivity index (χ0v) is 16.2. The number of benzene rings is 1. The van der Waals surface area contributed by atoms with E-state index in [4.69, 9.17) is 9.47 Å². The number of carbonyl (C=O) groups is 2. The molecule has 0 spiro atoms. The highest BCUT2D eigenvalue weighted by Crippen LogP contribution is 2.37. The third kappa shape index (κ3) is 3.22. The molecule has 0 bridgehead atoms. The number of nitrogens with one attached hydrogen (secondary N) is 1. The van der Waals surface area contributed by atoms with Crippen LogP contribution >= 0.6 is 0 Å². The molecule has 4 rings (SSSR count). The van der Waals surface area contributed by atoms with Gasteiger partial charge in [-0.2, -0.15) is 0 Å². The summed E-state index contributed by atoms with van der Waals surface area (Å²) in [5.74, 6) is 0.00642. The maximum absolute atomic E-state index is 13.0. The van der Waals surface area contributed by atoms with E-state index in [1.807, 2.05) is 13.8 Å². The van der Waals surface area contributed by atoms with Gasteiger partial charge in [0.2, 0.25) is 12.2 Å². The summed E-state index contributed by atoms with van der Waals surface area (Å²) in [6.45, 7) is 5.72. The third-order valence-corrected chi connectivity index (χ3v) is 4.79. The molecular formula is C21H19N3O5. The number of carbonyl (C=O) groups excluding carboxylic acids is 2. The van der Waals surface area contributed by atoms with Crippen molar-refractivity contribution in [2.24, 2.45) is 0 Å². The van der Waals surface area contributed by atoms with Gasteiger partial charge in [-0.1, -0.05) is 0 Å². The van der Waals surface area contributed by atoms with Crippen LogP contribution in [0.5, 0.6) is 11.5 Å². The van der Waals surface area contributed by atoms with Crippen molar-refractivity contribution in [2.45, 2.75) is 27.3 Å². The molecule has 0 aliphatic carbocycles. The Morgan fingerprint density at radius 3 is 2.59 bits per heavy atom. The Hall–Kier alpha value is -3.68. The highest BCUT2D eigenvalue weighted by atomic mass is 16.7. The van der Waals surface area contributed by atoms with E-state index in [0.29, 0.717) is 29.1 Å². The van der Waals surface area contributed by atoms with Crippen LogP contribution in [-0.2, 0) is 6.54 Å². The minimum Gasteiger partial charge on any atom is -0.454 e. The van der Waals surface area contributed by atoms with E-state index in [9.17, 15) is 14.4 Å². The number of aromatic nitrogens is 2. The molecule has 1 aromatic carbocycles. The number of fused-ring (bicyclic) bond motifs is 2. The molecule has 148 valence electrons. The van der Waals surface area contributed by atoms with Gasteiger partial charge in [0.1, 0.15) is 11.2 Å². The summed E-state index contributed by atoms with van der Waals surface area (Å²) in [6, 6.07) is 6.46. The molecule has 1 aliphatic heterocycles. The summed E-state index contributed by atoms with van der Waals surface area (Å²) in [5.41, 5.74) is 1.40.